The van der Waals surface area contributed by atoms with Crippen LogP contribution >= 0.6 is 0 Å². The quantitative estimate of drug-likeness (QED) is 0.453. The summed E-state index contributed by atoms with van der Waals surface area (Å²) in [5.41, 5.74) is 0. The molecule has 2 saturated heterocycles. The van der Waals surface area contributed by atoms with Crippen molar-refractivity contribution in [3.05, 3.63) is 0 Å². The zero-order chi connectivity index (χ0) is 18.4. The van der Waals surface area contributed by atoms with Crippen LogP contribution in [0.25, 0.3) is 0 Å². The van der Waals surface area contributed by atoms with Gasteiger partial charge in [-0.3, -0.25) is 14.4 Å². The lowest BCUT2D eigenvalue weighted by molar-refractivity contribution is -0.319. The first kappa shape index (κ1) is 19.6. The fourth-order valence-corrected chi connectivity index (χ4v) is 2.68. The molecular formula is C15H22O10. The van der Waals surface area contributed by atoms with Gasteiger partial charge in [0.2, 0.25) is 0 Å². The number of ether oxygens (including phenoxy) is 7. The van der Waals surface area contributed by atoms with E-state index in [1.807, 2.05) is 0 Å². The van der Waals surface area contributed by atoms with E-state index >= 15 is 0 Å². The van der Waals surface area contributed by atoms with Crippen molar-refractivity contribution in [3.8, 4) is 0 Å². The molecular weight excluding hydrogens is 340 g/mol. The van der Waals surface area contributed by atoms with Crippen LogP contribution in [0.15, 0.2) is 0 Å². The van der Waals surface area contributed by atoms with E-state index in [1.165, 1.54) is 20.8 Å². The molecule has 2 aliphatic rings. The van der Waals surface area contributed by atoms with Crippen LogP contribution < -0.4 is 0 Å². The third-order valence-electron chi connectivity index (χ3n) is 3.62. The molecule has 0 aliphatic carbocycles. The fourth-order valence-electron chi connectivity index (χ4n) is 2.68. The molecule has 10 heteroatoms. The van der Waals surface area contributed by atoms with E-state index < -0.39 is 48.4 Å². The minimum absolute atomic E-state index is 0.0271. The van der Waals surface area contributed by atoms with Gasteiger partial charge in [0, 0.05) is 20.8 Å². The van der Waals surface area contributed by atoms with Crippen molar-refractivity contribution in [3.63, 3.8) is 0 Å². The van der Waals surface area contributed by atoms with E-state index in [0.29, 0.717) is 6.61 Å². The lowest BCUT2D eigenvalue weighted by Gasteiger charge is -2.43. The molecule has 142 valence electrons. The standard InChI is InChI=1S/C15H22O10/c1-8(16)20-5-12(24-9(2)17)14(25-10(3)18)15-13-11(21-7-23-15)4-19-6-22-13/h11-15H,4-7H2,1-3H3/t11-,12-,13+,14+,15+/m1/s1. The second-order valence-corrected chi connectivity index (χ2v) is 5.60. The first-order chi connectivity index (χ1) is 11.9. The molecule has 0 spiro atoms. The van der Waals surface area contributed by atoms with Crippen molar-refractivity contribution in [2.24, 2.45) is 0 Å². The van der Waals surface area contributed by atoms with Crippen LogP contribution in [0.2, 0.25) is 0 Å². The minimum atomic E-state index is -1.06. The lowest BCUT2D eigenvalue weighted by Crippen LogP contribution is -2.60. The second kappa shape index (κ2) is 9.09. The highest BCUT2D eigenvalue weighted by Crippen LogP contribution is 2.27. The number of carbonyl (C=O) groups is 3. The summed E-state index contributed by atoms with van der Waals surface area (Å²) in [7, 11) is 0. The van der Waals surface area contributed by atoms with Crippen molar-refractivity contribution < 1.29 is 47.5 Å². The van der Waals surface area contributed by atoms with Gasteiger partial charge in [0.15, 0.2) is 12.2 Å². The summed E-state index contributed by atoms with van der Waals surface area (Å²) >= 11 is 0. The smallest absolute Gasteiger partial charge is 0.303 e. The number of hydrogen-bond donors (Lipinski definition) is 0. The van der Waals surface area contributed by atoms with E-state index in [2.05, 4.69) is 0 Å². The molecule has 2 aliphatic heterocycles. The Bertz CT molecular complexity index is 491. The molecule has 5 atom stereocenters. The zero-order valence-corrected chi connectivity index (χ0v) is 14.3. The molecule has 0 bridgehead atoms. The number of carbonyl (C=O) groups excluding carboxylic acids is 3. The van der Waals surface area contributed by atoms with Crippen LogP contribution in [0.5, 0.6) is 0 Å². The van der Waals surface area contributed by atoms with E-state index in [1.54, 1.807) is 0 Å². The molecule has 0 saturated carbocycles. The van der Waals surface area contributed by atoms with Gasteiger partial charge in [-0.05, 0) is 0 Å². The highest BCUT2D eigenvalue weighted by Gasteiger charge is 2.48. The molecule has 0 amide bonds. The predicted octanol–water partition coefficient (Wildman–Crippen LogP) is -0.473. The third-order valence-corrected chi connectivity index (χ3v) is 3.62. The highest BCUT2D eigenvalue weighted by atomic mass is 16.8. The van der Waals surface area contributed by atoms with Crippen LogP contribution in [-0.4, -0.2) is 75.2 Å². The SMILES string of the molecule is CC(=O)OC[C@@H](OC(C)=O)[C@H](OC(C)=O)[C@H]1OCO[C@@H]2COCO[C@H]12. The number of fused-ring (bicyclic) bond motifs is 1. The summed E-state index contributed by atoms with van der Waals surface area (Å²) < 4.78 is 37.2. The Morgan fingerprint density at radius 1 is 0.960 bits per heavy atom. The Hall–Kier alpha value is -1.75. The first-order valence-corrected chi connectivity index (χ1v) is 7.79. The van der Waals surface area contributed by atoms with E-state index in [4.69, 9.17) is 33.2 Å². The normalized spacial score (nSPS) is 28.2. The maximum Gasteiger partial charge on any atom is 0.303 e. The molecule has 2 fully saturated rings. The molecule has 0 aromatic carbocycles. The molecule has 0 aromatic rings. The Kier molecular flexibility index (Phi) is 7.12. The molecule has 0 N–H and O–H groups in total. The summed E-state index contributed by atoms with van der Waals surface area (Å²) in [5.74, 6) is -1.79. The van der Waals surface area contributed by atoms with Crippen LogP contribution in [0.1, 0.15) is 20.8 Å². The maximum absolute atomic E-state index is 11.6. The Labute approximate surface area is 144 Å². The van der Waals surface area contributed by atoms with Gasteiger partial charge in [-0.1, -0.05) is 0 Å². The molecule has 2 heterocycles. The van der Waals surface area contributed by atoms with Gasteiger partial charge in [0.25, 0.3) is 0 Å². The van der Waals surface area contributed by atoms with Gasteiger partial charge >= 0.3 is 17.9 Å². The number of esters is 3. The van der Waals surface area contributed by atoms with Crippen LogP contribution in [0.4, 0.5) is 0 Å². The molecule has 2 rings (SSSR count). The third kappa shape index (κ3) is 5.63. The summed E-state index contributed by atoms with van der Waals surface area (Å²) in [6.07, 6.45) is -3.90. The second-order valence-electron chi connectivity index (χ2n) is 5.60. The van der Waals surface area contributed by atoms with Gasteiger partial charge in [0.1, 0.15) is 38.5 Å². The fraction of sp³-hybridized carbons (Fsp3) is 0.800. The van der Waals surface area contributed by atoms with Crippen LogP contribution in [0.3, 0.4) is 0 Å². The Morgan fingerprint density at radius 3 is 2.32 bits per heavy atom. The Morgan fingerprint density at radius 2 is 1.68 bits per heavy atom. The topological polar surface area (TPSA) is 116 Å². The van der Waals surface area contributed by atoms with E-state index in [9.17, 15) is 14.4 Å². The van der Waals surface area contributed by atoms with Gasteiger partial charge in [0.05, 0.1) is 6.61 Å². The van der Waals surface area contributed by atoms with Crippen molar-refractivity contribution >= 4 is 17.9 Å². The van der Waals surface area contributed by atoms with Crippen molar-refractivity contribution in [1.82, 2.24) is 0 Å². The average Bonchev–Trinajstić information content (AvgIpc) is 2.55. The summed E-state index contributed by atoms with van der Waals surface area (Å²) in [5, 5.41) is 0. The van der Waals surface area contributed by atoms with Crippen molar-refractivity contribution in [1.29, 1.82) is 0 Å². The molecule has 0 radical (unpaired) electrons. The monoisotopic (exact) mass is 362 g/mol. The highest BCUT2D eigenvalue weighted by molar-refractivity contribution is 5.68. The van der Waals surface area contributed by atoms with Gasteiger partial charge in [-0.25, -0.2) is 0 Å². The van der Waals surface area contributed by atoms with Crippen LogP contribution in [0, 0.1) is 0 Å². The Balaban J connectivity index is 2.21. The van der Waals surface area contributed by atoms with Gasteiger partial charge in [-0.2, -0.15) is 0 Å². The average molecular weight is 362 g/mol. The predicted molar refractivity (Wildman–Crippen MR) is 78.0 cm³/mol. The summed E-state index contributed by atoms with van der Waals surface area (Å²) in [4.78, 5) is 34.1. The molecule has 10 nitrogen and oxygen atoms in total. The van der Waals surface area contributed by atoms with Crippen LogP contribution in [-0.2, 0) is 47.5 Å². The molecule has 0 unspecified atom stereocenters. The molecule has 0 aromatic heterocycles. The largest absolute Gasteiger partial charge is 0.462 e. The van der Waals surface area contributed by atoms with E-state index in [0.717, 1.165) is 0 Å². The maximum atomic E-state index is 11.6. The molecule has 25 heavy (non-hydrogen) atoms. The van der Waals surface area contributed by atoms with Crippen molar-refractivity contribution in [2.45, 2.75) is 51.3 Å². The van der Waals surface area contributed by atoms with Crippen molar-refractivity contribution in [2.75, 3.05) is 26.8 Å². The first-order valence-electron chi connectivity index (χ1n) is 7.79. The summed E-state index contributed by atoms with van der Waals surface area (Å²) in [6, 6.07) is 0. The number of hydrogen-bond acceptors (Lipinski definition) is 10. The summed E-state index contributed by atoms with van der Waals surface area (Å²) in [6.45, 7) is 3.58. The minimum Gasteiger partial charge on any atom is -0.462 e. The van der Waals surface area contributed by atoms with Gasteiger partial charge < -0.3 is 33.2 Å². The van der Waals surface area contributed by atoms with E-state index in [-0.39, 0.29) is 20.2 Å². The van der Waals surface area contributed by atoms with Gasteiger partial charge in [-0.15, -0.1) is 0 Å². The zero-order valence-electron chi connectivity index (χ0n) is 14.3. The number of rotatable bonds is 6. The lowest BCUT2D eigenvalue weighted by atomic mass is 9.97.